The van der Waals surface area contributed by atoms with Crippen molar-refractivity contribution in [3.8, 4) is 0 Å². The molecule has 0 aliphatic rings. The average Bonchev–Trinajstić information content (AvgIpc) is 2.47. The molecule has 2 aromatic carbocycles. The quantitative estimate of drug-likeness (QED) is 0.661. The molecule has 2 aromatic rings. The Labute approximate surface area is 115 Å². The topological polar surface area (TPSA) is 84.3 Å². The van der Waals surface area contributed by atoms with Crippen molar-refractivity contribution in [3.05, 3.63) is 64.2 Å². The van der Waals surface area contributed by atoms with E-state index in [2.05, 4.69) is 10.6 Å². The van der Waals surface area contributed by atoms with Crippen molar-refractivity contribution < 1.29 is 9.72 Å². The van der Waals surface area contributed by atoms with Crippen LogP contribution in [0.4, 0.5) is 17.1 Å². The minimum atomic E-state index is -0.487. The molecule has 0 heterocycles. The number of anilines is 2. The lowest BCUT2D eigenvalue weighted by atomic mass is 10.1. The van der Waals surface area contributed by atoms with Crippen LogP contribution in [0.2, 0.25) is 0 Å². The molecule has 0 saturated carbocycles. The standard InChI is InChI=1S/C14H13N3O3/c1-15-14(18)10-7-8-13(17(19)20)12(9-10)16-11-5-3-2-4-6-11/h2-9,16H,1H3,(H,15,18). The van der Waals surface area contributed by atoms with Crippen molar-refractivity contribution in [2.75, 3.05) is 12.4 Å². The van der Waals surface area contributed by atoms with Gasteiger partial charge >= 0.3 is 0 Å². The highest BCUT2D eigenvalue weighted by atomic mass is 16.6. The SMILES string of the molecule is CNC(=O)c1ccc([N+](=O)[O-])c(Nc2ccccc2)c1. The minimum absolute atomic E-state index is 0.0819. The molecule has 0 spiro atoms. The highest BCUT2D eigenvalue weighted by Crippen LogP contribution is 2.28. The van der Waals surface area contributed by atoms with Gasteiger partial charge < -0.3 is 10.6 Å². The molecule has 0 bridgehead atoms. The summed E-state index contributed by atoms with van der Waals surface area (Å²) in [5.74, 6) is -0.295. The van der Waals surface area contributed by atoms with Gasteiger partial charge in [0.1, 0.15) is 5.69 Å². The molecule has 0 unspecified atom stereocenters. The van der Waals surface area contributed by atoms with Gasteiger partial charge in [-0.1, -0.05) is 18.2 Å². The Morgan fingerprint density at radius 1 is 1.15 bits per heavy atom. The minimum Gasteiger partial charge on any atom is -0.355 e. The highest BCUT2D eigenvalue weighted by molar-refractivity contribution is 5.96. The second kappa shape index (κ2) is 5.83. The third kappa shape index (κ3) is 2.92. The number of para-hydroxylation sites is 1. The lowest BCUT2D eigenvalue weighted by Crippen LogP contribution is -2.17. The molecule has 6 heteroatoms. The van der Waals surface area contributed by atoms with Gasteiger partial charge in [-0.15, -0.1) is 0 Å². The number of amides is 1. The maximum Gasteiger partial charge on any atom is 0.292 e. The molecule has 0 radical (unpaired) electrons. The third-order valence-electron chi connectivity index (χ3n) is 2.74. The van der Waals surface area contributed by atoms with E-state index in [0.717, 1.165) is 0 Å². The smallest absolute Gasteiger partial charge is 0.292 e. The number of carbonyl (C=O) groups excluding carboxylic acids is 1. The zero-order valence-corrected chi connectivity index (χ0v) is 10.8. The van der Waals surface area contributed by atoms with Crippen LogP contribution in [0.1, 0.15) is 10.4 Å². The summed E-state index contributed by atoms with van der Waals surface area (Å²) in [5.41, 5.74) is 1.27. The van der Waals surface area contributed by atoms with E-state index in [1.807, 2.05) is 18.2 Å². The fourth-order valence-corrected chi connectivity index (χ4v) is 1.76. The van der Waals surface area contributed by atoms with Crippen LogP contribution < -0.4 is 10.6 Å². The summed E-state index contributed by atoms with van der Waals surface area (Å²) in [5, 5.41) is 16.5. The second-order valence-corrected chi connectivity index (χ2v) is 4.06. The molecule has 0 aliphatic carbocycles. The summed E-state index contributed by atoms with van der Waals surface area (Å²) >= 11 is 0. The van der Waals surface area contributed by atoms with Crippen LogP contribution in [0.5, 0.6) is 0 Å². The van der Waals surface area contributed by atoms with E-state index >= 15 is 0 Å². The van der Waals surface area contributed by atoms with E-state index in [4.69, 9.17) is 0 Å². The van der Waals surface area contributed by atoms with Gasteiger partial charge in [0, 0.05) is 24.4 Å². The van der Waals surface area contributed by atoms with E-state index in [9.17, 15) is 14.9 Å². The number of rotatable bonds is 4. The Balaban J connectivity index is 2.42. The van der Waals surface area contributed by atoms with Crippen LogP contribution in [0.3, 0.4) is 0 Å². The number of hydrogen-bond donors (Lipinski definition) is 2. The molecule has 0 saturated heterocycles. The van der Waals surface area contributed by atoms with Crippen molar-refractivity contribution in [3.63, 3.8) is 0 Å². The molecule has 2 N–H and O–H groups in total. The zero-order chi connectivity index (χ0) is 14.5. The molecule has 20 heavy (non-hydrogen) atoms. The van der Waals surface area contributed by atoms with Gasteiger partial charge in [0.25, 0.3) is 11.6 Å². The molecular formula is C14H13N3O3. The number of benzene rings is 2. The number of nitro groups is 1. The number of hydrogen-bond acceptors (Lipinski definition) is 4. The molecule has 0 atom stereocenters. The molecule has 102 valence electrons. The third-order valence-corrected chi connectivity index (χ3v) is 2.74. The monoisotopic (exact) mass is 271 g/mol. The highest BCUT2D eigenvalue weighted by Gasteiger charge is 2.16. The number of carbonyl (C=O) groups is 1. The van der Waals surface area contributed by atoms with Gasteiger partial charge in [-0.2, -0.15) is 0 Å². The number of nitrogens with zero attached hydrogens (tertiary/aromatic N) is 1. The first kappa shape index (κ1) is 13.5. The molecular weight excluding hydrogens is 258 g/mol. The van der Waals surface area contributed by atoms with E-state index in [-0.39, 0.29) is 17.3 Å². The van der Waals surface area contributed by atoms with E-state index in [0.29, 0.717) is 11.3 Å². The first-order chi connectivity index (χ1) is 9.61. The molecule has 0 aromatic heterocycles. The van der Waals surface area contributed by atoms with Crippen LogP contribution in [-0.2, 0) is 0 Å². The molecule has 0 fully saturated rings. The summed E-state index contributed by atoms with van der Waals surface area (Å²) < 4.78 is 0. The van der Waals surface area contributed by atoms with Gasteiger partial charge in [0.2, 0.25) is 0 Å². The van der Waals surface area contributed by atoms with Gasteiger partial charge in [0.05, 0.1) is 4.92 Å². The fourth-order valence-electron chi connectivity index (χ4n) is 1.76. The molecule has 0 aliphatic heterocycles. The van der Waals surface area contributed by atoms with Crippen LogP contribution in [-0.4, -0.2) is 17.9 Å². The van der Waals surface area contributed by atoms with Crippen LogP contribution >= 0.6 is 0 Å². The predicted molar refractivity (Wildman–Crippen MR) is 76.2 cm³/mol. The van der Waals surface area contributed by atoms with Crippen molar-refractivity contribution >= 4 is 23.0 Å². The Bertz CT molecular complexity index is 641. The summed E-state index contributed by atoms with van der Waals surface area (Å²) in [4.78, 5) is 22.1. The Hall–Kier alpha value is -2.89. The van der Waals surface area contributed by atoms with Crippen LogP contribution in [0.15, 0.2) is 48.5 Å². The second-order valence-electron chi connectivity index (χ2n) is 4.06. The first-order valence-electron chi connectivity index (χ1n) is 5.94. The summed E-state index contributed by atoms with van der Waals surface area (Å²) in [6.07, 6.45) is 0. The summed E-state index contributed by atoms with van der Waals surface area (Å²) in [7, 11) is 1.51. The lowest BCUT2D eigenvalue weighted by molar-refractivity contribution is -0.383. The van der Waals surface area contributed by atoms with E-state index in [1.54, 1.807) is 12.1 Å². The van der Waals surface area contributed by atoms with E-state index in [1.165, 1.54) is 25.2 Å². The normalized spacial score (nSPS) is 9.85. The molecule has 1 amide bonds. The van der Waals surface area contributed by atoms with Gasteiger partial charge in [-0.25, -0.2) is 0 Å². The summed E-state index contributed by atoms with van der Waals surface area (Å²) in [6, 6.07) is 13.3. The number of nitrogens with one attached hydrogen (secondary N) is 2. The summed E-state index contributed by atoms with van der Waals surface area (Å²) in [6.45, 7) is 0. The molecule has 6 nitrogen and oxygen atoms in total. The largest absolute Gasteiger partial charge is 0.355 e. The number of nitro benzene ring substituents is 1. The van der Waals surface area contributed by atoms with Gasteiger partial charge in [-0.05, 0) is 24.3 Å². The van der Waals surface area contributed by atoms with Crippen molar-refractivity contribution in [1.29, 1.82) is 0 Å². The first-order valence-corrected chi connectivity index (χ1v) is 5.94. The van der Waals surface area contributed by atoms with Gasteiger partial charge in [0.15, 0.2) is 0 Å². The van der Waals surface area contributed by atoms with Crippen molar-refractivity contribution in [1.82, 2.24) is 5.32 Å². The van der Waals surface area contributed by atoms with Crippen molar-refractivity contribution in [2.24, 2.45) is 0 Å². The predicted octanol–water partition coefficient (Wildman–Crippen LogP) is 2.70. The maximum atomic E-state index is 11.6. The lowest BCUT2D eigenvalue weighted by Gasteiger charge is -2.08. The van der Waals surface area contributed by atoms with Crippen molar-refractivity contribution in [2.45, 2.75) is 0 Å². The fraction of sp³-hybridized carbons (Fsp3) is 0.0714. The average molecular weight is 271 g/mol. The van der Waals surface area contributed by atoms with E-state index < -0.39 is 4.92 Å². The van der Waals surface area contributed by atoms with Crippen LogP contribution in [0, 0.1) is 10.1 Å². The van der Waals surface area contributed by atoms with Crippen LogP contribution in [0.25, 0.3) is 0 Å². The molecule has 2 rings (SSSR count). The Morgan fingerprint density at radius 2 is 1.85 bits per heavy atom. The Kier molecular flexibility index (Phi) is 3.95. The maximum absolute atomic E-state index is 11.6. The zero-order valence-electron chi connectivity index (χ0n) is 10.8. The Morgan fingerprint density at radius 3 is 2.45 bits per heavy atom. The van der Waals surface area contributed by atoms with Gasteiger partial charge in [-0.3, -0.25) is 14.9 Å².